The van der Waals surface area contributed by atoms with E-state index in [0.717, 1.165) is 29.2 Å². The molecular weight excluding hydrogens is 593 g/mol. The van der Waals surface area contributed by atoms with Gasteiger partial charge in [-0.3, -0.25) is 9.78 Å². The van der Waals surface area contributed by atoms with Crippen LogP contribution < -0.4 is 0 Å². The van der Waals surface area contributed by atoms with Gasteiger partial charge in [0.05, 0.1) is 11.6 Å². The number of cyclic esters (lactones) is 1. The first-order chi connectivity index (χ1) is 21.0. The fraction of sp³-hybridized carbons (Fsp3) is 0.682. The van der Waals surface area contributed by atoms with E-state index in [0.29, 0.717) is 17.8 Å². The van der Waals surface area contributed by atoms with Gasteiger partial charge in [-0.15, -0.1) is 0 Å². The third-order valence-electron chi connectivity index (χ3n) is 7.84. The zero-order valence-electron chi connectivity index (χ0n) is 30.2. The third kappa shape index (κ3) is 17.3. The topological polar surface area (TPSA) is 39.2 Å². The van der Waals surface area contributed by atoms with Crippen LogP contribution in [0.25, 0.3) is 17.2 Å². The van der Waals surface area contributed by atoms with Gasteiger partial charge in [-0.05, 0) is 79.7 Å². The monoisotopic (exact) mass is 680 g/mol. The van der Waals surface area contributed by atoms with Gasteiger partial charge in [0.1, 0.15) is 11.9 Å². The summed E-state index contributed by atoms with van der Waals surface area (Å²) in [5.41, 5.74) is 2.62. The molecule has 5 rings (SSSR count). The molecule has 2 saturated carbocycles. The Morgan fingerprint density at radius 3 is 1.81 bits per heavy atom. The summed E-state index contributed by atoms with van der Waals surface area (Å²) in [5.74, 6) is 2.40. The number of rotatable bonds is 3. The molecule has 0 N–H and O–H groups in total. The smallest absolute Gasteiger partial charge is 0.309 e. The number of allylic oxidation sites excluding steroid dienone is 1. The molecule has 0 amide bonds. The van der Waals surface area contributed by atoms with Crippen molar-refractivity contribution in [2.75, 3.05) is 0 Å². The minimum atomic E-state index is -0.243. The van der Waals surface area contributed by atoms with E-state index in [2.05, 4.69) is 31.0 Å². The Balaban J connectivity index is -0.000000180. The van der Waals surface area contributed by atoms with Gasteiger partial charge >= 0.3 is 5.97 Å². The number of esters is 1. The SMILES string of the molecule is C.C.C.C.C.CC.CC.CC.CC.CC.CC.CC1CCC2C(C=Cc3ccc(-c4cccc(F)c4)cn3)[C@H]3C(C[C@@H]2C1)C(=O)O[C@@H]3C. The van der Waals surface area contributed by atoms with Gasteiger partial charge in [0.25, 0.3) is 0 Å². The van der Waals surface area contributed by atoms with Crippen molar-refractivity contribution < 1.29 is 13.9 Å². The highest BCUT2D eigenvalue weighted by Crippen LogP contribution is 2.54. The number of nitrogens with zero attached hydrogens (tertiary/aromatic N) is 1. The molecule has 0 bridgehead atoms. The molecule has 1 saturated heterocycles. The molecule has 1 aromatic carbocycles. The molecule has 1 aromatic heterocycles. The van der Waals surface area contributed by atoms with Crippen LogP contribution in [0.5, 0.6) is 0 Å². The van der Waals surface area contributed by atoms with E-state index in [4.69, 9.17) is 4.74 Å². The summed E-state index contributed by atoms with van der Waals surface area (Å²) in [7, 11) is 0. The van der Waals surface area contributed by atoms with Crippen LogP contribution in [0, 0.1) is 41.3 Å². The first-order valence-corrected chi connectivity index (χ1v) is 17.6. The van der Waals surface area contributed by atoms with Crippen molar-refractivity contribution >= 4 is 12.0 Å². The second kappa shape index (κ2) is 35.8. The van der Waals surface area contributed by atoms with Gasteiger partial charge < -0.3 is 4.74 Å². The predicted octanol–water partition coefficient (Wildman–Crippen LogP) is 15.5. The Morgan fingerprint density at radius 2 is 1.31 bits per heavy atom. The van der Waals surface area contributed by atoms with Gasteiger partial charge in [0.2, 0.25) is 0 Å². The molecule has 2 heterocycles. The van der Waals surface area contributed by atoms with E-state index in [1.807, 2.05) is 101 Å². The molecule has 7 atom stereocenters. The van der Waals surface area contributed by atoms with Crippen molar-refractivity contribution in [3.05, 3.63) is 60.2 Å². The van der Waals surface area contributed by atoms with Gasteiger partial charge in [-0.25, -0.2) is 4.39 Å². The molecule has 3 nitrogen and oxygen atoms in total. The number of carbonyl (C=O) groups is 1. The largest absolute Gasteiger partial charge is 0.462 e. The van der Waals surface area contributed by atoms with Crippen LogP contribution in [0.2, 0.25) is 0 Å². The first kappa shape index (κ1) is 60.8. The van der Waals surface area contributed by atoms with Crippen LogP contribution in [-0.4, -0.2) is 17.1 Å². The quantitative estimate of drug-likeness (QED) is 0.303. The number of pyridine rings is 1. The summed E-state index contributed by atoms with van der Waals surface area (Å²) in [6, 6.07) is 10.5. The minimum absolute atomic E-state index is 0. The van der Waals surface area contributed by atoms with E-state index in [1.165, 1.54) is 31.4 Å². The predicted molar refractivity (Wildman–Crippen MR) is 221 cm³/mol. The van der Waals surface area contributed by atoms with Crippen LogP contribution in [-0.2, 0) is 9.53 Å². The van der Waals surface area contributed by atoms with E-state index in [-0.39, 0.29) is 66.9 Å². The summed E-state index contributed by atoms with van der Waals surface area (Å²) in [6.45, 7) is 28.4. The van der Waals surface area contributed by atoms with Crippen LogP contribution >= 0.6 is 0 Å². The highest BCUT2D eigenvalue weighted by atomic mass is 19.1. The number of ether oxygens (including phenoxy) is 1. The summed E-state index contributed by atoms with van der Waals surface area (Å²) >= 11 is 0. The lowest BCUT2D eigenvalue weighted by atomic mass is 9.56. The molecule has 1 aliphatic heterocycles. The lowest BCUT2D eigenvalue weighted by Crippen LogP contribution is -2.43. The Bertz CT molecular complexity index is 988. The van der Waals surface area contributed by atoms with Crippen molar-refractivity contribution in [2.45, 2.75) is 166 Å². The standard InChI is InChI=1S/C27H30FNO2.6C2H6.5CH4/c1-16-6-10-23-20(12-16)14-25-26(17(2)31-27(25)30)24(23)11-9-22-8-7-19(15-29-22)18-4-3-5-21(28)13-18;6*1-2;;;;;/h3-5,7-9,11,13,15-17,20,23-26H,6,10,12,14H2,1-2H3;6*1-2H3;5*1H4/t16?,17-,20+,23?,24?,25?,26+;;;;;;;;;;;/m1.........../s1. The number of benzene rings is 1. The number of hydrogen-bond acceptors (Lipinski definition) is 3. The average molecular weight is 680 g/mol. The molecule has 3 aliphatic rings. The lowest BCUT2D eigenvalue weighted by molar-refractivity contribution is -0.144. The lowest BCUT2D eigenvalue weighted by Gasteiger charge is -2.47. The molecule has 286 valence electrons. The maximum absolute atomic E-state index is 13.5. The molecule has 2 aromatic rings. The van der Waals surface area contributed by atoms with Crippen molar-refractivity contribution in [3.8, 4) is 11.1 Å². The van der Waals surface area contributed by atoms with Crippen molar-refractivity contribution in [1.29, 1.82) is 0 Å². The van der Waals surface area contributed by atoms with E-state index in [9.17, 15) is 9.18 Å². The highest BCUT2D eigenvalue weighted by molar-refractivity contribution is 5.75. The number of fused-ring (bicyclic) bond motifs is 2. The van der Waals surface area contributed by atoms with Gasteiger partial charge in [-0.1, -0.05) is 158 Å². The Morgan fingerprint density at radius 1 is 0.750 bits per heavy atom. The molecule has 0 spiro atoms. The maximum atomic E-state index is 13.5. The molecular formula is C44H86FNO2. The Labute approximate surface area is 303 Å². The zero-order chi connectivity index (χ0) is 33.5. The molecule has 4 unspecified atom stereocenters. The maximum Gasteiger partial charge on any atom is 0.309 e. The second-order valence-corrected chi connectivity index (χ2v) is 9.82. The fourth-order valence-corrected chi connectivity index (χ4v) is 6.40. The summed E-state index contributed by atoms with van der Waals surface area (Å²) < 4.78 is 19.2. The molecule has 48 heavy (non-hydrogen) atoms. The van der Waals surface area contributed by atoms with E-state index in [1.54, 1.807) is 12.3 Å². The Kier molecular flexibility index (Phi) is 45.4. The fourth-order valence-electron chi connectivity index (χ4n) is 6.40. The van der Waals surface area contributed by atoms with Crippen LogP contribution in [0.1, 0.15) is 165 Å². The van der Waals surface area contributed by atoms with E-state index < -0.39 is 0 Å². The normalized spacial score (nSPS) is 23.3. The second-order valence-electron chi connectivity index (χ2n) is 9.82. The van der Waals surface area contributed by atoms with Crippen molar-refractivity contribution in [3.63, 3.8) is 0 Å². The van der Waals surface area contributed by atoms with Crippen molar-refractivity contribution in [1.82, 2.24) is 4.98 Å². The first-order valence-electron chi connectivity index (χ1n) is 17.6. The summed E-state index contributed by atoms with van der Waals surface area (Å²) in [5, 5.41) is 0. The zero-order valence-corrected chi connectivity index (χ0v) is 30.2. The number of hydrogen-bond donors (Lipinski definition) is 0. The van der Waals surface area contributed by atoms with Gasteiger partial charge in [0.15, 0.2) is 0 Å². The molecule has 4 heteroatoms. The summed E-state index contributed by atoms with van der Waals surface area (Å²) in [6.07, 6.45) is 10.9. The molecule has 3 fully saturated rings. The Hall–Kier alpha value is -2.49. The third-order valence-corrected chi connectivity index (χ3v) is 7.84. The van der Waals surface area contributed by atoms with Crippen LogP contribution in [0.3, 0.4) is 0 Å². The average Bonchev–Trinajstić information content (AvgIpc) is 3.37. The minimum Gasteiger partial charge on any atom is -0.462 e. The van der Waals surface area contributed by atoms with Gasteiger partial charge in [-0.2, -0.15) is 0 Å². The number of aromatic nitrogens is 1. The van der Waals surface area contributed by atoms with Gasteiger partial charge in [0, 0.05) is 17.7 Å². The number of halogens is 1. The molecule has 2 aliphatic carbocycles. The highest BCUT2D eigenvalue weighted by Gasteiger charge is 2.54. The van der Waals surface area contributed by atoms with Crippen LogP contribution in [0.4, 0.5) is 4.39 Å². The molecule has 0 radical (unpaired) electrons. The van der Waals surface area contributed by atoms with E-state index >= 15 is 0 Å². The van der Waals surface area contributed by atoms with Crippen LogP contribution in [0.15, 0.2) is 48.7 Å². The number of carbonyl (C=O) groups excluding carboxylic acids is 1. The van der Waals surface area contributed by atoms with Crippen molar-refractivity contribution in [2.24, 2.45) is 35.5 Å². The summed E-state index contributed by atoms with van der Waals surface area (Å²) in [4.78, 5) is 17.1.